The van der Waals surface area contributed by atoms with E-state index in [2.05, 4.69) is 11.1 Å². The van der Waals surface area contributed by atoms with E-state index in [9.17, 15) is 4.79 Å². The van der Waals surface area contributed by atoms with Gasteiger partial charge in [-0.3, -0.25) is 9.20 Å². The maximum atomic E-state index is 11.0. The van der Waals surface area contributed by atoms with E-state index in [-0.39, 0.29) is 5.56 Å². The lowest BCUT2D eigenvalue weighted by Crippen LogP contribution is -2.12. The van der Waals surface area contributed by atoms with Gasteiger partial charge in [0.05, 0.1) is 6.07 Å². The Morgan fingerprint density at radius 3 is 3.18 bits per heavy atom. The Kier molecular flexibility index (Phi) is 1.22. The van der Waals surface area contributed by atoms with E-state index in [1.54, 1.807) is 18.3 Å². The number of hydrogen-bond acceptors (Lipinski definition) is 2. The zero-order valence-electron chi connectivity index (χ0n) is 5.69. The van der Waals surface area contributed by atoms with Crippen LogP contribution in [0.3, 0.4) is 0 Å². The van der Waals surface area contributed by atoms with Crippen molar-refractivity contribution in [1.82, 2.24) is 9.38 Å². The highest BCUT2D eigenvalue weighted by atomic mass is 16.1. The summed E-state index contributed by atoms with van der Waals surface area (Å²) >= 11 is 0. The molecule has 0 aliphatic carbocycles. The standard InChI is InChI=1S/C8H5N2O/c11-8-4-5-9-7-3-1-2-6-10(7)8/h1-3,5-6H. The van der Waals surface area contributed by atoms with Gasteiger partial charge >= 0.3 is 0 Å². The highest BCUT2D eigenvalue weighted by Crippen LogP contribution is 1.91. The normalized spacial score (nSPS) is 10.2. The third kappa shape index (κ3) is 0.902. The zero-order valence-corrected chi connectivity index (χ0v) is 5.69. The number of hydrogen-bond donors (Lipinski definition) is 0. The first-order chi connectivity index (χ1) is 5.38. The first kappa shape index (κ1) is 6.09. The average Bonchev–Trinajstić information content (AvgIpc) is 2.06. The van der Waals surface area contributed by atoms with Gasteiger partial charge in [0, 0.05) is 12.4 Å². The summed E-state index contributed by atoms with van der Waals surface area (Å²) in [5.41, 5.74) is 0.479. The van der Waals surface area contributed by atoms with Crippen molar-refractivity contribution in [3.63, 3.8) is 0 Å². The van der Waals surface area contributed by atoms with Crippen LogP contribution in [-0.4, -0.2) is 9.38 Å². The predicted octanol–water partition coefficient (Wildman–Crippen LogP) is 0.495. The molecule has 2 rings (SSSR count). The van der Waals surface area contributed by atoms with Crippen molar-refractivity contribution in [2.24, 2.45) is 0 Å². The third-order valence-corrected chi connectivity index (χ3v) is 1.44. The topological polar surface area (TPSA) is 34.4 Å². The minimum atomic E-state index is -0.171. The van der Waals surface area contributed by atoms with Crippen LogP contribution in [-0.2, 0) is 0 Å². The molecule has 0 saturated carbocycles. The first-order valence-electron chi connectivity index (χ1n) is 3.22. The van der Waals surface area contributed by atoms with Gasteiger partial charge in [-0.25, -0.2) is 4.98 Å². The largest absolute Gasteiger partial charge is 0.268 e. The van der Waals surface area contributed by atoms with Gasteiger partial charge < -0.3 is 0 Å². The van der Waals surface area contributed by atoms with Crippen molar-refractivity contribution in [3.8, 4) is 0 Å². The van der Waals surface area contributed by atoms with E-state index < -0.39 is 0 Å². The number of fused-ring (bicyclic) bond motifs is 1. The molecule has 0 bridgehead atoms. The summed E-state index contributed by atoms with van der Waals surface area (Å²) in [6, 6.07) is 7.86. The molecule has 3 heteroatoms. The van der Waals surface area contributed by atoms with Crippen LogP contribution in [0.25, 0.3) is 5.65 Å². The Morgan fingerprint density at radius 2 is 2.36 bits per heavy atom. The molecule has 0 N–H and O–H groups in total. The molecular formula is C8H5N2O. The van der Waals surface area contributed by atoms with E-state index in [1.165, 1.54) is 10.6 Å². The molecule has 2 aromatic rings. The second-order valence-electron chi connectivity index (χ2n) is 2.14. The summed E-state index contributed by atoms with van der Waals surface area (Å²) in [6.45, 7) is 0. The summed E-state index contributed by atoms with van der Waals surface area (Å²) in [7, 11) is 0. The fourth-order valence-electron chi connectivity index (χ4n) is 0.934. The molecule has 0 aromatic carbocycles. The van der Waals surface area contributed by atoms with E-state index in [0.717, 1.165) is 0 Å². The quantitative estimate of drug-likeness (QED) is 0.540. The Bertz CT molecular complexity index is 428. The third-order valence-electron chi connectivity index (χ3n) is 1.44. The Morgan fingerprint density at radius 1 is 1.45 bits per heavy atom. The van der Waals surface area contributed by atoms with Crippen LogP contribution in [0.5, 0.6) is 0 Å². The van der Waals surface area contributed by atoms with Crippen LogP contribution in [0.2, 0.25) is 0 Å². The maximum absolute atomic E-state index is 11.0. The molecule has 0 aliphatic heterocycles. The van der Waals surface area contributed by atoms with E-state index in [0.29, 0.717) is 5.65 Å². The molecule has 0 atom stereocenters. The monoisotopic (exact) mass is 145 g/mol. The van der Waals surface area contributed by atoms with Crippen LogP contribution < -0.4 is 5.56 Å². The summed E-state index contributed by atoms with van der Waals surface area (Å²) in [5, 5.41) is 0. The minimum Gasteiger partial charge on any atom is -0.268 e. The fraction of sp³-hybridized carbons (Fsp3) is 0. The van der Waals surface area contributed by atoms with Gasteiger partial charge in [-0.1, -0.05) is 6.07 Å². The summed E-state index contributed by atoms with van der Waals surface area (Å²) < 4.78 is 1.44. The Hall–Kier alpha value is -1.64. The Balaban J connectivity index is 3.03. The van der Waals surface area contributed by atoms with Crippen LogP contribution in [0.1, 0.15) is 0 Å². The molecule has 0 spiro atoms. The number of rotatable bonds is 0. The van der Waals surface area contributed by atoms with Gasteiger partial charge in [-0.2, -0.15) is 0 Å². The van der Waals surface area contributed by atoms with Crippen LogP contribution in [0.15, 0.2) is 35.4 Å². The highest BCUT2D eigenvalue weighted by Gasteiger charge is 1.91. The molecule has 0 fully saturated rings. The molecule has 53 valence electrons. The Labute approximate surface area is 62.9 Å². The van der Waals surface area contributed by atoms with Crippen molar-refractivity contribution >= 4 is 5.65 Å². The molecule has 3 nitrogen and oxygen atoms in total. The van der Waals surface area contributed by atoms with Crippen LogP contribution in [0, 0.1) is 6.07 Å². The lowest BCUT2D eigenvalue weighted by molar-refractivity contribution is 1.04. The summed E-state index contributed by atoms with van der Waals surface area (Å²) in [6.07, 6.45) is 3.05. The lowest BCUT2D eigenvalue weighted by atomic mass is 10.4. The van der Waals surface area contributed by atoms with Gasteiger partial charge in [0.25, 0.3) is 5.56 Å². The van der Waals surface area contributed by atoms with E-state index in [4.69, 9.17) is 0 Å². The van der Waals surface area contributed by atoms with E-state index in [1.807, 2.05) is 6.07 Å². The fourth-order valence-corrected chi connectivity index (χ4v) is 0.934. The number of nitrogens with zero attached hydrogens (tertiary/aromatic N) is 2. The zero-order chi connectivity index (χ0) is 7.68. The van der Waals surface area contributed by atoms with Crippen LogP contribution >= 0.6 is 0 Å². The molecule has 0 amide bonds. The van der Waals surface area contributed by atoms with Gasteiger partial charge in [0.1, 0.15) is 5.65 Å². The highest BCUT2D eigenvalue weighted by molar-refractivity contribution is 5.35. The predicted molar refractivity (Wildman–Crippen MR) is 40.3 cm³/mol. The molecule has 0 saturated heterocycles. The number of aromatic nitrogens is 2. The number of pyridine rings is 1. The van der Waals surface area contributed by atoms with Gasteiger partial charge in [0.2, 0.25) is 0 Å². The molecular weight excluding hydrogens is 140 g/mol. The van der Waals surface area contributed by atoms with E-state index >= 15 is 0 Å². The van der Waals surface area contributed by atoms with Crippen molar-refractivity contribution in [2.45, 2.75) is 0 Å². The van der Waals surface area contributed by atoms with Gasteiger partial charge in [-0.15, -0.1) is 0 Å². The first-order valence-corrected chi connectivity index (χ1v) is 3.22. The van der Waals surface area contributed by atoms with Crippen molar-refractivity contribution in [3.05, 3.63) is 47.0 Å². The SMILES string of the molecule is O=c1[c]cnc2ccccn12. The second kappa shape index (κ2) is 2.20. The maximum Gasteiger partial charge on any atom is 0.265 e. The molecule has 0 aliphatic rings. The minimum absolute atomic E-state index is 0.171. The molecule has 1 radical (unpaired) electrons. The molecule has 0 unspecified atom stereocenters. The second-order valence-corrected chi connectivity index (χ2v) is 2.14. The van der Waals surface area contributed by atoms with Crippen molar-refractivity contribution in [1.29, 1.82) is 0 Å². The molecule has 2 aromatic heterocycles. The summed E-state index contributed by atoms with van der Waals surface area (Å²) in [5.74, 6) is 0. The summed E-state index contributed by atoms with van der Waals surface area (Å²) in [4.78, 5) is 15.0. The van der Waals surface area contributed by atoms with Gasteiger partial charge in [-0.05, 0) is 12.1 Å². The van der Waals surface area contributed by atoms with Gasteiger partial charge in [0.15, 0.2) is 0 Å². The van der Waals surface area contributed by atoms with Crippen molar-refractivity contribution < 1.29 is 0 Å². The lowest BCUT2D eigenvalue weighted by Gasteiger charge is -1.94. The smallest absolute Gasteiger partial charge is 0.265 e. The average molecular weight is 145 g/mol. The van der Waals surface area contributed by atoms with Crippen LogP contribution in [0.4, 0.5) is 0 Å². The molecule has 11 heavy (non-hydrogen) atoms. The molecule has 2 heterocycles. The van der Waals surface area contributed by atoms with Crippen molar-refractivity contribution in [2.75, 3.05) is 0 Å².